The highest BCUT2D eigenvalue weighted by Crippen LogP contribution is 2.36. The Morgan fingerprint density at radius 2 is 1.94 bits per heavy atom. The van der Waals surface area contributed by atoms with Crippen molar-refractivity contribution in [3.8, 4) is 5.75 Å². The minimum atomic E-state index is -3.85. The summed E-state index contributed by atoms with van der Waals surface area (Å²) in [7, 11) is -3.85. The molecule has 2 aliphatic rings. The van der Waals surface area contributed by atoms with Crippen LogP contribution in [0.4, 0.5) is 5.69 Å². The van der Waals surface area contributed by atoms with Crippen LogP contribution in [-0.2, 0) is 26.2 Å². The standard InChI is InChI=1S/C26H33N3O5S/c1-4-22-25(30)27-21-14-18(3)24(15-23(21)34-22)35(32,33)29-13-9-12-20(17-29)26(31)28(5-2)16-19-10-7-6-8-11-19/h6-8,10-11,14-15,20,22H,4-5,9,12-13,16-17H2,1-3H3,(H,27,30)/t20-,22+/m1/s1. The van der Waals surface area contributed by atoms with Gasteiger partial charge in [-0.1, -0.05) is 37.3 Å². The van der Waals surface area contributed by atoms with Crippen LogP contribution in [0.25, 0.3) is 0 Å². The van der Waals surface area contributed by atoms with Gasteiger partial charge in [-0.2, -0.15) is 4.31 Å². The molecule has 0 aromatic heterocycles. The van der Waals surface area contributed by atoms with Gasteiger partial charge in [0, 0.05) is 32.2 Å². The summed E-state index contributed by atoms with van der Waals surface area (Å²) in [5.74, 6) is -0.288. The number of benzene rings is 2. The number of fused-ring (bicyclic) bond motifs is 1. The molecule has 2 aliphatic heterocycles. The van der Waals surface area contributed by atoms with E-state index in [1.807, 2.05) is 44.2 Å². The molecule has 9 heteroatoms. The Morgan fingerprint density at radius 1 is 1.20 bits per heavy atom. The fourth-order valence-corrected chi connectivity index (χ4v) is 6.49. The van der Waals surface area contributed by atoms with Gasteiger partial charge in [0.1, 0.15) is 5.75 Å². The summed E-state index contributed by atoms with van der Waals surface area (Å²) < 4.78 is 34.5. The van der Waals surface area contributed by atoms with Gasteiger partial charge in [0.05, 0.1) is 16.5 Å². The number of carbonyl (C=O) groups excluding carboxylic acids is 2. The van der Waals surface area contributed by atoms with Gasteiger partial charge in [0.2, 0.25) is 15.9 Å². The number of rotatable bonds is 7. The van der Waals surface area contributed by atoms with E-state index in [0.717, 1.165) is 5.56 Å². The normalized spacial score (nSPS) is 20.5. The van der Waals surface area contributed by atoms with Crippen molar-refractivity contribution in [1.29, 1.82) is 0 Å². The molecule has 1 saturated heterocycles. The first-order valence-electron chi connectivity index (χ1n) is 12.2. The predicted octanol–water partition coefficient (Wildman–Crippen LogP) is 3.55. The van der Waals surface area contributed by atoms with Gasteiger partial charge in [-0.15, -0.1) is 0 Å². The van der Waals surface area contributed by atoms with Crippen molar-refractivity contribution in [1.82, 2.24) is 9.21 Å². The fraction of sp³-hybridized carbons (Fsp3) is 0.462. The summed E-state index contributed by atoms with van der Waals surface area (Å²) in [6.45, 7) is 7.06. The molecular formula is C26H33N3O5S. The van der Waals surface area contributed by atoms with Crippen LogP contribution < -0.4 is 10.1 Å². The molecule has 188 valence electrons. The molecule has 2 heterocycles. The number of ether oxygens (including phenoxy) is 1. The van der Waals surface area contributed by atoms with E-state index in [4.69, 9.17) is 4.74 Å². The summed E-state index contributed by atoms with van der Waals surface area (Å²) in [4.78, 5) is 27.4. The Hall–Kier alpha value is -2.91. The molecule has 2 amide bonds. The molecule has 0 radical (unpaired) electrons. The zero-order chi connectivity index (χ0) is 25.2. The molecule has 0 spiro atoms. The Labute approximate surface area is 207 Å². The number of amides is 2. The van der Waals surface area contributed by atoms with Crippen molar-refractivity contribution in [3.63, 3.8) is 0 Å². The first-order chi connectivity index (χ1) is 16.7. The van der Waals surface area contributed by atoms with Gasteiger partial charge < -0.3 is 15.0 Å². The largest absolute Gasteiger partial charge is 0.478 e. The smallest absolute Gasteiger partial charge is 0.265 e. The highest BCUT2D eigenvalue weighted by atomic mass is 32.2. The molecule has 1 N–H and O–H groups in total. The molecule has 0 unspecified atom stereocenters. The van der Waals surface area contributed by atoms with Crippen LogP contribution in [0.15, 0.2) is 47.4 Å². The molecule has 1 fully saturated rings. The molecule has 4 rings (SSSR count). The van der Waals surface area contributed by atoms with E-state index in [9.17, 15) is 18.0 Å². The number of piperidine rings is 1. The van der Waals surface area contributed by atoms with E-state index in [1.54, 1.807) is 17.9 Å². The second kappa shape index (κ2) is 10.4. The summed E-state index contributed by atoms with van der Waals surface area (Å²) in [5, 5.41) is 2.80. The van der Waals surface area contributed by atoms with Gasteiger partial charge in [0.25, 0.3) is 5.91 Å². The molecule has 8 nitrogen and oxygen atoms in total. The Morgan fingerprint density at radius 3 is 2.63 bits per heavy atom. The van der Waals surface area contributed by atoms with Crippen molar-refractivity contribution in [2.24, 2.45) is 5.92 Å². The summed E-state index contributed by atoms with van der Waals surface area (Å²) >= 11 is 0. The predicted molar refractivity (Wildman–Crippen MR) is 134 cm³/mol. The quantitative estimate of drug-likeness (QED) is 0.629. The van der Waals surface area contributed by atoms with Crippen molar-refractivity contribution in [2.45, 2.75) is 57.6 Å². The molecule has 2 aromatic rings. The van der Waals surface area contributed by atoms with E-state index in [2.05, 4.69) is 5.32 Å². The first kappa shape index (κ1) is 25.2. The maximum atomic E-state index is 13.7. The zero-order valence-corrected chi connectivity index (χ0v) is 21.3. The molecule has 35 heavy (non-hydrogen) atoms. The zero-order valence-electron chi connectivity index (χ0n) is 20.5. The van der Waals surface area contributed by atoms with Gasteiger partial charge >= 0.3 is 0 Å². The number of hydrogen-bond acceptors (Lipinski definition) is 5. The molecule has 0 bridgehead atoms. The number of nitrogens with zero attached hydrogens (tertiary/aromatic N) is 2. The van der Waals surface area contributed by atoms with E-state index in [0.29, 0.717) is 55.9 Å². The van der Waals surface area contributed by atoms with Crippen LogP contribution in [0.5, 0.6) is 5.75 Å². The maximum Gasteiger partial charge on any atom is 0.265 e. The Kier molecular flexibility index (Phi) is 7.47. The maximum absolute atomic E-state index is 13.7. The lowest BCUT2D eigenvalue weighted by Crippen LogP contribution is -2.46. The molecule has 2 aromatic carbocycles. The average molecular weight is 500 g/mol. The lowest BCUT2D eigenvalue weighted by molar-refractivity contribution is -0.137. The monoisotopic (exact) mass is 499 g/mol. The molecule has 0 aliphatic carbocycles. The second-order valence-corrected chi connectivity index (χ2v) is 11.1. The van der Waals surface area contributed by atoms with E-state index < -0.39 is 16.1 Å². The highest BCUT2D eigenvalue weighted by Gasteiger charge is 2.37. The number of nitrogens with one attached hydrogen (secondary N) is 1. The van der Waals surface area contributed by atoms with E-state index in [-0.39, 0.29) is 29.2 Å². The number of hydrogen-bond donors (Lipinski definition) is 1. The summed E-state index contributed by atoms with van der Waals surface area (Å²) in [5.41, 5.74) is 2.04. The van der Waals surface area contributed by atoms with Crippen LogP contribution in [0.2, 0.25) is 0 Å². The first-order valence-corrected chi connectivity index (χ1v) is 13.6. The molecule has 0 saturated carbocycles. The topological polar surface area (TPSA) is 96.0 Å². The number of carbonyl (C=O) groups is 2. The third-order valence-electron chi connectivity index (χ3n) is 6.73. The number of anilines is 1. The molecular weight excluding hydrogens is 466 g/mol. The summed E-state index contributed by atoms with van der Waals surface area (Å²) in [6.07, 6.45) is 1.11. The highest BCUT2D eigenvalue weighted by molar-refractivity contribution is 7.89. The van der Waals surface area contributed by atoms with Crippen LogP contribution in [-0.4, -0.2) is 55.2 Å². The SMILES string of the molecule is CC[C@@H]1Oc2cc(S(=O)(=O)N3CCC[C@@H](C(=O)N(CC)Cc4ccccc4)C3)c(C)cc2NC1=O. The van der Waals surface area contributed by atoms with Gasteiger partial charge in [-0.3, -0.25) is 9.59 Å². The fourth-order valence-electron chi connectivity index (χ4n) is 4.74. The van der Waals surface area contributed by atoms with E-state index >= 15 is 0 Å². The van der Waals surface area contributed by atoms with Crippen molar-refractivity contribution in [3.05, 3.63) is 53.6 Å². The minimum Gasteiger partial charge on any atom is -0.478 e. The van der Waals surface area contributed by atoms with Gasteiger partial charge in [-0.05, 0) is 50.3 Å². The number of sulfonamides is 1. The summed E-state index contributed by atoms with van der Waals surface area (Å²) in [6, 6.07) is 12.9. The number of aryl methyl sites for hydroxylation is 1. The minimum absolute atomic E-state index is 0.0183. The second-order valence-electron chi connectivity index (χ2n) is 9.16. The van der Waals surface area contributed by atoms with Crippen molar-refractivity contribution < 1.29 is 22.7 Å². The van der Waals surface area contributed by atoms with E-state index in [1.165, 1.54) is 10.4 Å². The van der Waals surface area contributed by atoms with Crippen LogP contribution in [0.1, 0.15) is 44.2 Å². The Balaban J connectivity index is 1.54. The van der Waals surface area contributed by atoms with Crippen LogP contribution >= 0.6 is 0 Å². The molecule has 2 atom stereocenters. The third kappa shape index (κ3) is 5.21. The Bertz CT molecular complexity index is 1200. The average Bonchev–Trinajstić information content (AvgIpc) is 2.86. The van der Waals surface area contributed by atoms with Gasteiger partial charge in [-0.25, -0.2) is 8.42 Å². The lowest BCUT2D eigenvalue weighted by Gasteiger charge is -2.34. The lowest BCUT2D eigenvalue weighted by atomic mass is 9.98. The van der Waals surface area contributed by atoms with Crippen molar-refractivity contribution in [2.75, 3.05) is 25.0 Å². The van der Waals surface area contributed by atoms with Crippen molar-refractivity contribution >= 4 is 27.5 Å². The third-order valence-corrected chi connectivity index (χ3v) is 8.74. The van der Waals surface area contributed by atoms with Gasteiger partial charge in [0.15, 0.2) is 6.10 Å². The van der Waals surface area contributed by atoms with Crippen LogP contribution in [0, 0.1) is 12.8 Å². The van der Waals surface area contributed by atoms with Crippen LogP contribution in [0.3, 0.4) is 0 Å².